The number of urea groups is 1. The highest BCUT2D eigenvalue weighted by Crippen LogP contribution is 2.39. The number of carbonyl (C=O) groups excluding carboxylic acids is 1. The minimum atomic E-state index is -0.552. The number of aromatic nitrogens is 1. The van der Waals surface area contributed by atoms with Crippen molar-refractivity contribution in [3.63, 3.8) is 0 Å². The Morgan fingerprint density at radius 1 is 0.776 bits per heavy atom. The number of pyridine rings is 1. The van der Waals surface area contributed by atoms with E-state index in [1.807, 2.05) is 91.1 Å². The molecule has 1 fully saturated rings. The first-order valence-electron chi connectivity index (χ1n) is 16.9. The van der Waals surface area contributed by atoms with Crippen LogP contribution in [0.25, 0.3) is 11.1 Å². The number of aliphatic hydroxyl groups excluding tert-OH is 1. The minimum absolute atomic E-state index is 0.00669. The molecule has 8 heteroatoms. The summed E-state index contributed by atoms with van der Waals surface area (Å²) in [5.74, 6) is 0. The Hall–Kier alpha value is -4.86. The van der Waals surface area contributed by atoms with E-state index in [9.17, 15) is 9.90 Å². The van der Waals surface area contributed by atoms with E-state index in [1.54, 1.807) is 0 Å². The molecule has 0 aliphatic carbocycles. The maximum atomic E-state index is 12.5. The first kappa shape index (κ1) is 34.0. The lowest BCUT2D eigenvalue weighted by Gasteiger charge is -2.38. The topological polar surface area (TPSA) is 96.0 Å². The maximum absolute atomic E-state index is 12.5. The third kappa shape index (κ3) is 9.84. The van der Waals surface area contributed by atoms with Gasteiger partial charge in [-0.25, -0.2) is 4.79 Å². The minimum Gasteiger partial charge on any atom is -0.392 e. The second-order valence-electron chi connectivity index (χ2n) is 12.5. The van der Waals surface area contributed by atoms with Crippen LogP contribution in [-0.2, 0) is 35.6 Å². The van der Waals surface area contributed by atoms with Gasteiger partial charge in [0.15, 0.2) is 6.29 Å². The van der Waals surface area contributed by atoms with E-state index in [1.165, 1.54) is 0 Å². The van der Waals surface area contributed by atoms with Crippen molar-refractivity contribution in [1.82, 2.24) is 20.5 Å². The number of nitrogens with one attached hydrogen (secondary N) is 2. The van der Waals surface area contributed by atoms with Crippen molar-refractivity contribution in [2.75, 3.05) is 20.1 Å². The van der Waals surface area contributed by atoms with Crippen LogP contribution in [0.1, 0.15) is 52.3 Å². The first-order chi connectivity index (χ1) is 24.0. The maximum Gasteiger partial charge on any atom is 0.315 e. The van der Waals surface area contributed by atoms with Gasteiger partial charge in [0.2, 0.25) is 0 Å². The normalized spacial score (nSPS) is 17.5. The molecule has 1 saturated heterocycles. The first-order valence-corrected chi connectivity index (χ1v) is 16.9. The molecule has 3 N–H and O–H groups in total. The summed E-state index contributed by atoms with van der Waals surface area (Å²) in [6, 6.07) is 40.1. The Kier molecular flexibility index (Phi) is 11.8. The standard InChI is InChI=1S/C41H44N4O4/c1-45(22-20-37-15-5-6-21-42-37)28-38-25-39(33-18-16-31(29-46)17-19-33)49-40(48-38)36-14-8-13-35(24-36)34-12-7-11-32(23-34)27-44-41(47)43-26-30-9-3-2-4-10-30/h2-19,21,23-24,38-40,46H,20,22,25-29H2,1H3,(H2,43,44,47)/t38-,39+,40+/m0/s1. The number of carbonyl (C=O) groups is 1. The Bertz CT molecular complexity index is 1770. The SMILES string of the molecule is CN(CCc1ccccn1)C[C@@H]1C[C@H](c2ccc(CO)cc2)O[C@H](c2cccc(-c3cccc(CNC(=O)NCc4ccccc4)c3)c2)O1. The van der Waals surface area contributed by atoms with Crippen LogP contribution in [0.2, 0.25) is 0 Å². The number of aliphatic hydroxyl groups is 1. The number of benzene rings is 4. The van der Waals surface area contributed by atoms with Gasteiger partial charge in [-0.15, -0.1) is 0 Å². The fourth-order valence-electron chi connectivity index (χ4n) is 6.07. The molecule has 0 spiro atoms. The van der Waals surface area contributed by atoms with Crippen molar-refractivity contribution in [2.24, 2.45) is 0 Å². The van der Waals surface area contributed by atoms with Crippen LogP contribution in [0.3, 0.4) is 0 Å². The zero-order valence-electron chi connectivity index (χ0n) is 27.9. The molecule has 49 heavy (non-hydrogen) atoms. The van der Waals surface area contributed by atoms with E-state index in [0.717, 1.165) is 70.6 Å². The van der Waals surface area contributed by atoms with Gasteiger partial charge in [-0.2, -0.15) is 0 Å². The third-order valence-electron chi connectivity index (χ3n) is 8.77. The summed E-state index contributed by atoms with van der Waals surface area (Å²) in [6.07, 6.45) is 2.65. The third-order valence-corrected chi connectivity index (χ3v) is 8.77. The van der Waals surface area contributed by atoms with Crippen LogP contribution in [0.15, 0.2) is 128 Å². The average molecular weight is 657 g/mol. The number of likely N-dealkylation sites (N-methyl/N-ethyl adjacent to an activating group) is 1. The fraction of sp³-hybridized carbons (Fsp3) is 0.268. The molecule has 4 aromatic carbocycles. The Balaban J connectivity index is 1.13. The zero-order valence-corrected chi connectivity index (χ0v) is 27.9. The quantitative estimate of drug-likeness (QED) is 0.127. The molecule has 252 valence electrons. The monoisotopic (exact) mass is 656 g/mol. The molecule has 3 atom stereocenters. The molecule has 8 nitrogen and oxygen atoms in total. The molecule has 1 aliphatic heterocycles. The Morgan fingerprint density at radius 2 is 1.49 bits per heavy atom. The molecule has 6 rings (SSSR count). The predicted octanol–water partition coefficient (Wildman–Crippen LogP) is 6.96. The van der Waals surface area contributed by atoms with Crippen molar-refractivity contribution in [2.45, 2.75) is 51.0 Å². The van der Waals surface area contributed by atoms with Crippen LogP contribution >= 0.6 is 0 Å². The highest BCUT2D eigenvalue weighted by atomic mass is 16.7. The summed E-state index contributed by atoms with van der Waals surface area (Å²) in [5, 5.41) is 15.5. The van der Waals surface area contributed by atoms with Gasteiger partial charge in [-0.05, 0) is 64.7 Å². The molecule has 2 amide bonds. The van der Waals surface area contributed by atoms with Gasteiger partial charge in [-0.3, -0.25) is 4.98 Å². The van der Waals surface area contributed by atoms with Gasteiger partial charge >= 0.3 is 6.03 Å². The summed E-state index contributed by atoms with van der Waals surface area (Å²) in [5.41, 5.74) is 8.09. The van der Waals surface area contributed by atoms with Crippen molar-refractivity contribution in [1.29, 1.82) is 0 Å². The number of nitrogens with zero attached hydrogens (tertiary/aromatic N) is 2. The molecule has 0 radical (unpaired) electrons. The molecule has 1 aliphatic rings. The highest BCUT2D eigenvalue weighted by molar-refractivity contribution is 5.74. The zero-order chi connectivity index (χ0) is 33.8. The summed E-state index contributed by atoms with van der Waals surface area (Å²) in [7, 11) is 2.12. The second kappa shape index (κ2) is 17.0. The van der Waals surface area contributed by atoms with E-state index < -0.39 is 6.29 Å². The number of amides is 2. The van der Waals surface area contributed by atoms with Crippen molar-refractivity contribution < 1.29 is 19.4 Å². The van der Waals surface area contributed by atoms with Crippen LogP contribution in [0.4, 0.5) is 4.79 Å². The number of hydrogen-bond donors (Lipinski definition) is 3. The van der Waals surface area contributed by atoms with Crippen LogP contribution < -0.4 is 10.6 Å². The largest absolute Gasteiger partial charge is 0.392 e. The lowest BCUT2D eigenvalue weighted by molar-refractivity contribution is -0.252. The lowest BCUT2D eigenvalue weighted by atomic mass is 9.98. The number of hydrogen-bond acceptors (Lipinski definition) is 6. The van der Waals surface area contributed by atoms with Crippen LogP contribution in [0.5, 0.6) is 0 Å². The number of ether oxygens (including phenoxy) is 2. The van der Waals surface area contributed by atoms with Crippen molar-refractivity contribution in [3.8, 4) is 11.1 Å². The average Bonchev–Trinajstić information content (AvgIpc) is 3.16. The summed E-state index contributed by atoms with van der Waals surface area (Å²) >= 11 is 0. The smallest absolute Gasteiger partial charge is 0.315 e. The van der Waals surface area contributed by atoms with E-state index in [-0.39, 0.29) is 24.8 Å². The molecule has 1 aromatic heterocycles. The molecule has 5 aromatic rings. The lowest BCUT2D eigenvalue weighted by Crippen LogP contribution is -2.38. The Labute approximate surface area is 288 Å². The van der Waals surface area contributed by atoms with E-state index in [2.05, 4.69) is 64.0 Å². The van der Waals surface area contributed by atoms with E-state index in [4.69, 9.17) is 9.47 Å². The van der Waals surface area contributed by atoms with Gasteiger partial charge in [0, 0.05) is 56.5 Å². The van der Waals surface area contributed by atoms with Gasteiger partial charge in [0.25, 0.3) is 0 Å². The van der Waals surface area contributed by atoms with Crippen LogP contribution in [0, 0.1) is 0 Å². The highest BCUT2D eigenvalue weighted by Gasteiger charge is 2.33. The fourth-order valence-corrected chi connectivity index (χ4v) is 6.07. The molecule has 0 saturated carbocycles. The predicted molar refractivity (Wildman–Crippen MR) is 191 cm³/mol. The van der Waals surface area contributed by atoms with Crippen LogP contribution in [-0.4, -0.2) is 47.3 Å². The molecular weight excluding hydrogens is 612 g/mol. The van der Waals surface area contributed by atoms with Gasteiger partial charge in [0.1, 0.15) is 0 Å². The van der Waals surface area contributed by atoms with E-state index >= 15 is 0 Å². The summed E-state index contributed by atoms with van der Waals surface area (Å²) in [6.45, 7) is 2.52. The second-order valence-corrected chi connectivity index (χ2v) is 12.5. The van der Waals surface area contributed by atoms with Gasteiger partial charge in [-0.1, -0.05) is 97.1 Å². The molecule has 0 unspecified atom stereocenters. The Morgan fingerprint density at radius 3 is 2.24 bits per heavy atom. The van der Waals surface area contributed by atoms with Gasteiger partial charge in [0.05, 0.1) is 18.8 Å². The molecular formula is C41H44N4O4. The molecule has 0 bridgehead atoms. The molecule has 2 heterocycles. The van der Waals surface area contributed by atoms with E-state index in [0.29, 0.717) is 13.1 Å². The van der Waals surface area contributed by atoms with Gasteiger partial charge < -0.3 is 30.1 Å². The number of rotatable bonds is 13. The van der Waals surface area contributed by atoms with Crippen molar-refractivity contribution >= 4 is 6.03 Å². The summed E-state index contributed by atoms with van der Waals surface area (Å²) in [4.78, 5) is 19.2. The summed E-state index contributed by atoms with van der Waals surface area (Å²) < 4.78 is 13.3. The van der Waals surface area contributed by atoms with Crippen molar-refractivity contribution in [3.05, 3.63) is 161 Å².